The van der Waals surface area contributed by atoms with Gasteiger partial charge in [-0.15, -0.1) is 10.2 Å². The average Bonchev–Trinajstić information content (AvgIpc) is 3.23. The van der Waals surface area contributed by atoms with Gasteiger partial charge in [0.15, 0.2) is 5.65 Å². The van der Waals surface area contributed by atoms with E-state index in [9.17, 15) is 5.11 Å². The molecule has 1 saturated carbocycles. The number of H-pyrrole nitrogens is 1. The summed E-state index contributed by atoms with van der Waals surface area (Å²) in [5.74, 6) is 1.81. The fourth-order valence-electron chi connectivity index (χ4n) is 3.89. The fourth-order valence-corrected chi connectivity index (χ4v) is 3.89. The van der Waals surface area contributed by atoms with Crippen molar-refractivity contribution in [2.75, 3.05) is 12.4 Å². The number of hydrogen-bond donors (Lipinski definition) is 3. The smallest absolute Gasteiger partial charge is 0.228 e. The van der Waals surface area contributed by atoms with Gasteiger partial charge in [-0.2, -0.15) is 9.97 Å². The van der Waals surface area contributed by atoms with Crippen molar-refractivity contribution in [2.45, 2.75) is 38.3 Å². The molecule has 0 unspecified atom stereocenters. The predicted molar refractivity (Wildman–Crippen MR) is 104 cm³/mol. The second-order valence-corrected chi connectivity index (χ2v) is 7.62. The highest BCUT2D eigenvalue weighted by Gasteiger charge is 2.38. The first kappa shape index (κ1) is 16.9. The second-order valence-electron chi connectivity index (χ2n) is 7.62. The minimum Gasteiger partial charge on any atom is -0.480 e. The van der Waals surface area contributed by atoms with E-state index in [-0.39, 0.29) is 6.04 Å². The zero-order valence-electron chi connectivity index (χ0n) is 15.9. The lowest BCUT2D eigenvalue weighted by Crippen LogP contribution is -2.48. The van der Waals surface area contributed by atoms with Crippen LogP contribution in [0.5, 0.6) is 5.88 Å². The second kappa shape index (κ2) is 5.90. The van der Waals surface area contributed by atoms with Crippen LogP contribution < -0.4 is 10.1 Å². The van der Waals surface area contributed by atoms with Gasteiger partial charge in [-0.25, -0.2) is 0 Å². The number of rotatable bonds is 4. The van der Waals surface area contributed by atoms with E-state index in [4.69, 9.17) is 4.74 Å². The van der Waals surface area contributed by atoms with Crippen molar-refractivity contribution < 1.29 is 9.84 Å². The van der Waals surface area contributed by atoms with E-state index in [0.717, 1.165) is 28.0 Å². The molecule has 144 valence electrons. The molecule has 9 nitrogen and oxygen atoms in total. The van der Waals surface area contributed by atoms with Gasteiger partial charge in [-0.05, 0) is 38.8 Å². The molecule has 1 aliphatic carbocycles. The third-order valence-corrected chi connectivity index (χ3v) is 5.28. The van der Waals surface area contributed by atoms with Gasteiger partial charge in [0.1, 0.15) is 11.5 Å². The van der Waals surface area contributed by atoms with Crippen LogP contribution in [0.1, 0.15) is 25.6 Å². The highest BCUT2D eigenvalue weighted by atomic mass is 16.5. The molecule has 0 bridgehead atoms. The first-order valence-corrected chi connectivity index (χ1v) is 9.17. The maximum atomic E-state index is 9.92. The van der Waals surface area contributed by atoms with E-state index >= 15 is 0 Å². The summed E-state index contributed by atoms with van der Waals surface area (Å²) in [6.07, 6.45) is 5.24. The Balaban J connectivity index is 1.56. The van der Waals surface area contributed by atoms with Crippen LogP contribution in [-0.2, 0) is 0 Å². The first-order chi connectivity index (χ1) is 13.4. The average molecular weight is 379 g/mol. The molecular formula is C19H21N7O2. The number of methoxy groups -OCH3 is 1. The topological polar surface area (TPSA) is 113 Å². The quantitative estimate of drug-likeness (QED) is 0.499. The van der Waals surface area contributed by atoms with Crippen molar-refractivity contribution in [1.29, 1.82) is 0 Å². The Labute approximate surface area is 160 Å². The molecule has 0 saturated heterocycles. The molecule has 0 aliphatic heterocycles. The number of anilines is 1. The van der Waals surface area contributed by atoms with Gasteiger partial charge in [0.25, 0.3) is 0 Å². The number of ether oxygens (including phenoxy) is 1. The van der Waals surface area contributed by atoms with Crippen LogP contribution in [-0.4, -0.2) is 53.4 Å². The largest absolute Gasteiger partial charge is 0.480 e. The number of fused-ring (bicyclic) bond motifs is 2. The monoisotopic (exact) mass is 379 g/mol. The zero-order valence-corrected chi connectivity index (χ0v) is 15.9. The molecule has 4 heterocycles. The lowest BCUT2D eigenvalue weighted by atomic mass is 9.77. The highest BCUT2D eigenvalue weighted by Crippen LogP contribution is 2.36. The zero-order chi connectivity index (χ0) is 19.5. The Morgan fingerprint density at radius 1 is 1.29 bits per heavy atom. The van der Waals surface area contributed by atoms with Crippen LogP contribution in [0, 0.1) is 6.92 Å². The van der Waals surface area contributed by atoms with Crippen molar-refractivity contribution in [1.82, 2.24) is 29.5 Å². The van der Waals surface area contributed by atoms with Gasteiger partial charge >= 0.3 is 0 Å². The van der Waals surface area contributed by atoms with Crippen molar-refractivity contribution in [2.24, 2.45) is 0 Å². The summed E-state index contributed by atoms with van der Waals surface area (Å²) in [5.41, 5.74) is 2.81. The number of aromatic amines is 1. The van der Waals surface area contributed by atoms with Gasteiger partial charge < -0.3 is 20.1 Å². The number of pyridine rings is 1. The van der Waals surface area contributed by atoms with E-state index in [1.807, 2.05) is 42.8 Å². The number of nitrogens with zero attached hydrogens (tertiary/aromatic N) is 5. The summed E-state index contributed by atoms with van der Waals surface area (Å²) in [4.78, 5) is 12.4. The number of aliphatic hydroxyl groups is 1. The van der Waals surface area contributed by atoms with Crippen molar-refractivity contribution in [3.05, 3.63) is 30.4 Å². The van der Waals surface area contributed by atoms with Gasteiger partial charge in [-0.1, -0.05) is 0 Å². The predicted octanol–water partition coefficient (Wildman–Crippen LogP) is 2.31. The number of nitrogens with one attached hydrogen (secondary N) is 2. The molecule has 4 aromatic rings. The van der Waals surface area contributed by atoms with Crippen molar-refractivity contribution >= 4 is 22.6 Å². The van der Waals surface area contributed by atoms with Crippen LogP contribution in [0.3, 0.4) is 0 Å². The fraction of sp³-hybridized carbons (Fsp3) is 0.368. The molecule has 9 heteroatoms. The molecule has 3 N–H and O–H groups in total. The SMILES string of the molecule is COc1nc(NC2CC(C)(O)C2)nc2[nH]cc(-c3ccc4nnc(C)n4c3)c12. The Hall–Kier alpha value is -3.20. The van der Waals surface area contributed by atoms with E-state index in [1.165, 1.54) is 0 Å². The molecule has 0 amide bonds. The van der Waals surface area contributed by atoms with Gasteiger partial charge in [-0.3, -0.25) is 4.40 Å². The third kappa shape index (κ3) is 2.66. The lowest BCUT2D eigenvalue weighted by Gasteiger charge is -2.41. The molecule has 0 aromatic carbocycles. The Bertz CT molecular complexity index is 1190. The van der Waals surface area contributed by atoms with E-state index in [1.54, 1.807) is 7.11 Å². The summed E-state index contributed by atoms with van der Waals surface area (Å²) < 4.78 is 7.51. The Kier molecular flexibility index (Phi) is 3.57. The Morgan fingerprint density at radius 2 is 2.11 bits per heavy atom. The third-order valence-electron chi connectivity index (χ3n) is 5.28. The van der Waals surface area contributed by atoms with Crippen molar-refractivity contribution in [3.63, 3.8) is 0 Å². The first-order valence-electron chi connectivity index (χ1n) is 9.17. The molecule has 4 aromatic heterocycles. The minimum absolute atomic E-state index is 0.158. The molecule has 0 atom stereocenters. The summed E-state index contributed by atoms with van der Waals surface area (Å²) >= 11 is 0. The summed E-state index contributed by atoms with van der Waals surface area (Å²) in [7, 11) is 1.60. The summed E-state index contributed by atoms with van der Waals surface area (Å²) in [6.45, 7) is 3.75. The normalized spacial score (nSPS) is 21.8. The van der Waals surface area contributed by atoms with E-state index in [2.05, 4.69) is 30.5 Å². The maximum absolute atomic E-state index is 9.92. The summed E-state index contributed by atoms with van der Waals surface area (Å²) in [5, 5.41) is 22.2. The number of aromatic nitrogens is 6. The molecule has 5 rings (SSSR count). The van der Waals surface area contributed by atoms with Crippen LogP contribution in [0.25, 0.3) is 27.8 Å². The molecular weight excluding hydrogens is 358 g/mol. The molecule has 1 fully saturated rings. The van der Waals surface area contributed by atoms with Gasteiger partial charge in [0.05, 0.1) is 18.1 Å². The lowest BCUT2D eigenvalue weighted by molar-refractivity contribution is -0.0236. The van der Waals surface area contributed by atoms with E-state index in [0.29, 0.717) is 30.3 Å². The summed E-state index contributed by atoms with van der Waals surface area (Å²) in [6, 6.07) is 4.08. The Morgan fingerprint density at radius 3 is 2.86 bits per heavy atom. The minimum atomic E-state index is -0.607. The van der Waals surface area contributed by atoms with Crippen LogP contribution in [0.15, 0.2) is 24.5 Å². The van der Waals surface area contributed by atoms with E-state index < -0.39 is 5.60 Å². The molecule has 0 radical (unpaired) electrons. The number of hydrogen-bond acceptors (Lipinski definition) is 7. The highest BCUT2D eigenvalue weighted by molar-refractivity contribution is 5.97. The molecule has 28 heavy (non-hydrogen) atoms. The van der Waals surface area contributed by atoms with Crippen LogP contribution in [0.2, 0.25) is 0 Å². The van der Waals surface area contributed by atoms with Gasteiger partial charge in [0.2, 0.25) is 11.8 Å². The van der Waals surface area contributed by atoms with Gasteiger partial charge in [0, 0.05) is 29.6 Å². The molecule has 0 spiro atoms. The number of aryl methyl sites for hydroxylation is 1. The molecule has 1 aliphatic rings. The van der Waals surface area contributed by atoms with Crippen molar-refractivity contribution in [3.8, 4) is 17.0 Å². The van der Waals surface area contributed by atoms with Crippen LogP contribution >= 0.6 is 0 Å². The maximum Gasteiger partial charge on any atom is 0.228 e. The standard InChI is InChI=1S/C19H21N7O2/c1-10-24-25-14-5-4-11(9-26(10)14)13-8-20-16-15(13)17(28-3)23-18(22-16)21-12-6-19(2,27)7-12/h4-5,8-9,12,27H,6-7H2,1-3H3,(H2,20,21,22,23). The van der Waals surface area contributed by atoms with Crippen LogP contribution in [0.4, 0.5) is 5.95 Å².